The Morgan fingerprint density at radius 2 is 1.86 bits per heavy atom. The Balaban J connectivity index is 1.50. The highest BCUT2D eigenvalue weighted by Gasteiger charge is 2.23. The van der Waals surface area contributed by atoms with Crippen LogP contribution in [-0.2, 0) is 22.4 Å². The Morgan fingerprint density at radius 3 is 2.52 bits per heavy atom. The topological polar surface area (TPSA) is 111 Å². The SMILES string of the molecule is CSCCc1c(-c2cccnc2)nn(-c2ccc(Cl)c(Cl)c2)c1OCCCNC(=O)[C@H](Cc1cccnc1)NC(C)=O. The fourth-order valence-electron chi connectivity index (χ4n) is 4.32. The maximum atomic E-state index is 12.9. The molecule has 0 aliphatic heterocycles. The zero-order valence-corrected chi connectivity index (χ0v) is 25.7. The molecule has 1 atom stereocenters. The summed E-state index contributed by atoms with van der Waals surface area (Å²) >= 11 is 14.3. The number of thioether (sulfide) groups is 1. The second kappa shape index (κ2) is 15.6. The van der Waals surface area contributed by atoms with Gasteiger partial charge in [0, 0.05) is 55.8 Å². The molecule has 0 spiro atoms. The van der Waals surface area contributed by atoms with Gasteiger partial charge in [-0.3, -0.25) is 19.6 Å². The number of ether oxygens (including phenoxy) is 1. The predicted octanol–water partition coefficient (Wildman–Crippen LogP) is 5.17. The van der Waals surface area contributed by atoms with Crippen molar-refractivity contribution in [3.63, 3.8) is 0 Å². The van der Waals surface area contributed by atoms with Crippen LogP contribution in [0.5, 0.6) is 5.88 Å². The van der Waals surface area contributed by atoms with E-state index >= 15 is 0 Å². The van der Waals surface area contributed by atoms with Crippen LogP contribution >= 0.6 is 35.0 Å². The zero-order chi connectivity index (χ0) is 29.9. The number of aromatic nitrogens is 4. The maximum Gasteiger partial charge on any atom is 0.242 e. The molecule has 2 amide bonds. The molecule has 0 unspecified atom stereocenters. The molecule has 4 rings (SSSR count). The molecule has 0 fully saturated rings. The second-order valence-corrected chi connectivity index (χ2v) is 11.2. The summed E-state index contributed by atoms with van der Waals surface area (Å²) in [5.41, 5.74) is 4.17. The lowest BCUT2D eigenvalue weighted by molar-refractivity contribution is -0.128. The van der Waals surface area contributed by atoms with Crippen LogP contribution in [0.4, 0.5) is 0 Å². The molecule has 9 nitrogen and oxygen atoms in total. The van der Waals surface area contributed by atoms with E-state index in [0.29, 0.717) is 47.6 Å². The van der Waals surface area contributed by atoms with Crippen molar-refractivity contribution in [2.24, 2.45) is 0 Å². The van der Waals surface area contributed by atoms with Gasteiger partial charge in [0.25, 0.3) is 0 Å². The van der Waals surface area contributed by atoms with Gasteiger partial charge in [0.15, 0.2) is 0 Å². The first-order valence-electron chi connectivity index (χ1n) is 13.4. The summed E-state index contributed by atoms with van der Waals surface area (Å²) in [4.78, 5) is 33.0. The fraction of sp³-hybridized carbons (Fsp3) is 0.300. The number of pyridine rings is 2. The van der Waals surface area contributed by atoms with Gasteiger partial charge in [0.05, 0.1) is 22.3 Å². The molecular formula is C30H32Cl2N6O3S. The number of nitrogens with one attached hydrogen (secondary N) is 2. The molecule has 0 saturated carbocycles. The second-order valence-electron chi connectivity index (χ2n) is 9.44. The lowest BCUT2D eigenvalue weighted by atomic mass is 10.1. The van der Waals surface area contributed by atoms with E-state index in [0.717, 1.165) is 34.6 Å². The summed E-state index contributed by atoms with van der Waals surface area (Å²) in [6.07, 6.45) is 10.5. The Morgan fingerprint density at radius 1 is 1.07 bits per heavy atom. The lowest BCUT2D eigenvalue weighted by Crippen LogP contribution is -2.47. The van der Waals surface area contributed by atoms with Crippen molar-refractivity contribution in [3.8, 4) is 22.8 Å². The first-order chi connectivity index (χ1) is 20.4. The molecule has 0 saturated heterocycles. The highest BCUT2D eigenvalue weighted by molar-refractivity contribution is 7.98. The van der Waals surface area contributed by atoms with E-state index in [1.54, 1.807) is 59.4 Å². The van der Waals surface area contributed by atoms with Gasteiger partial charge in [0.2, 0.25) is 17.7 Å². The summed E-state index contributed by atoms with van der Waals surface area (Å²) in [5.74, 6) is 0.920. The van der Waals surface area contributed by atoms with E-state index < -0.39 is 6.04 Å². The van der Waals surface area contributed by atoms with Gasteiger partial charge in [-0.1, -0.05) is 29.3 Å². The fourth-order valence-corrected chi connectivity index (χ4v) is 5.02. The Kier molecular flexibility index (Phi) is 11.6. The molecule has 2 N–H and O–H groups in total. The number of carbonyl (C=O) groups is 2. The van der Waals surface area contributed by atoms with Crippen LogP contribution in [0.1, 0.15) is 24.5 Å². The van der Waals surface area contributed by atoms with Crippen LogP contribution < -0.4 is 15.4 Å². The standard InChI is InChI=1S/C30H32Cl2N6O3S/c1-20(39)36-27(16-21-6-3-11-33-18-21)29(40)35-13-5-14-41-30-24(10-15-42-2)28(22-7-4-12-34-19-22)37-38(30)23-8-9-25(31)26(32)17-23/h3-4,6-9,11-12,17-19,27H,5,10,13-16H2,1-2H3,(H,35,40)(H,36,39)/t27-/m0/s1. The van der Waals surface area contributed by atoms with Gasteiger partial charge < -0.3 is 15.4 Å². The molecule has 0 bridgehead atoms. The smallest absolute Gasteiger partial charge is 0.242 e. The summed E-state index contributed by atoms with van der Waals surface area (Å²) in [5, 5.41) is 11.4. The Bertz CT molecular complexity index is 1490. The number of rotatable bonds is 14. The van der Waals surface area contributed by atoms with E-state index in [1.165, 1.54) is 6.92 Å². The molecule has 4 aromatic rings. The molecule has 0 aliphatic carbocycles. The van der Waals surface area contributed by atoms with E-state index in [4.69, 9.17) is 33.0 Å². The van der Waals surface area contributed by atoms with Gasteiger partial charge in [-0.15, -0.1) is 0 Å². The van der Waals surface area contributed by atoms with Crippen LogP contribution in [0.2, 0.25) is 10.0 Å². The van der Waals surface area contributed by atoms with Crippen molar-refractivity contribution in [1.82, 2.24) is 30.4 Å². The van der Waals surface area contributed by atoms with E-state index in [9.17, 15) is 9.59 Å². The normalized spacial score (nSPS) is 11.6. The number of carbonyl (C=O) groups excluding carboxylic acids is 2. The Labute approximate surface area is 259 Å². The third-order valence-corrected chi connectivity index (χ3v) is 7.64. The Hall–Kier alpha value is -3.60. The van der Waals surface area contributed by atoms with Crippen molar-refractivity contribution in [2.45, 2.75) is 32.2 Å². The largest absolute Gasteiger partial charge is 0.477 e. The van der Waals surface area contributed by atoms with Crippen LogP contribution in [0.3, 0.4) is 0 Å². The molecule has 0 aliphatic rings. The molecule has 42 heavy (non-hydrogen) atoms. The van der Waals surface area contributed by atoms with Crippen molar-refractivity contribution in [1.29, 1.82) is 0 Å². The number of hydrogen-bond donors (Lipinski definition) is 2. The molecule has 12 heteroatoms. The van der Waals surface area contributed by atoms with Crippen LogP contribution in [0, 0.1) is 0 Å². The number of halogens is 2. The highest BCUT2D eigenvalue weighted by atomic mass is 35.5. The molecule has 220 valence electrons. The van der Waals surface area contributed by atoms with E-state index in [2.05, 4.69) is 26.9 Å². The first-order valence-corrected chi connectivity index (χ1v) is 15.6. The van der Waals surface area contributed by atoms with Crippen LogP contribution in [0.15, 0.2) is 67.3 Å². The minimum atomic E-state index is -0.705. The summed E-state index contributed by atoms with van der Waals surface area (Å²) in [7, 11) is 0. The van der Waals surface area contributed by atoms with Crippen molar-refractivity contribution in [3.05, 3.63) is 88.4 Å². The summed E-state index contributed by atoms with van der Waals surface area (Å²) in [6.45, 7) is 2.07. The van der Waals surface area contributed by atoms with Gasteiger partial charge in [-0.05, 0) is 66.8 Å². The highest BCUT2D eigenvalue weighted by Crippen LogP contribution is 2.35. The van der Waals surface area contributed by atoms with Crippen LogP contribution in [0.25, 0.3) is 16.9 Å². The van der Waals surface area contributed by atoms with E-state index in [1.807, 2.05) is 24.3 Å². The molecule has 1 aromatic carbocycles. The lowest BCUT2D eigenvalue weighted by Gasteiger charge is -2.18. The van der Waals surface area contributed by atoms with Gasteiger partial charge in [0.1, 0.15) is 11.7 Å². The molecular weight excluding hydrogens is 595 g/mol. The average Bonchev–Trinajstić information content (AvgIpc) is 3.35. The maximum absolute atomic E-state index is 12.9. The monoisotopic (exact) mass is 626 g/mol. The summed E-state index contributed by atoms with van der Waals surface area (Å²) in [6, 6.07) is 12.1. The van der Waals surface area contributed by atoms with E-state index in [-0.39, 0.29) is 11.8 Å². The predicted molar refractivity (Wildman–Crippen MR) is 168 cm³/mol. The van der Waals surface area contributed by atoms with Gasteiger partial charge in [-0.25, -0.2) is 4.68 Å². The third-order valence-electron chi connectivity index (χ3n) is 6.29. The summed E-state index contributed by atoms with van der Waals surface area (Å²) < 4.78 is 8.10. The first kappa shape index (κ1) is 31.3. The molecule has 3 heterocycles. The average molecular weight is 628 g/mol. The number of hydrogen-bond acceptors (Lipinski definition) is 7. The van der Waals surface area contributed by atoms with Crippen molar-refractivity contribution >= 4 is 46.8 Å². The number of nitrogens with zero attached hydrogens (tertiary/aromatic N) is 4. The van der Waals surface area contributed by atoms with Gasteiger partial charge in [-0.2, -0.15) is 16.9 Å². The van der Waals surface area contributed by atoms with Crippen molar-refractivity contribution < 1.29 is 14.3 Å². The minimum Gasteiger partial charge on any atom is -0.477 e. The molecule has 3 aromatic heterocycles. The van der Waals surface area contributed by atoms with Gasteiger partial charge >= 0.3 is 0 Å². The van der Waals surface area contributed by atoms with Crippen molar-refractivity contribution in [2.75, 3.05) is 25.2 Å². The number of benzene rings is 1. The quantitative estimate of drug-likeness (QED) is 0.186. The third kappa shape index (κ3) is 8.47. The zero-order valence-electron chi connectivity index (χ0n) is 23.3. The minimum absolute atomic E-state index is 0.269. The number of amides is 2. The van der Waals surface area contributed by atoms with Crippen LogP contribution in [-0.4, -0.2) is 62.8 Å². The molecule has 0 radical (unpaired) electrons.